The lowest BCUT2D eigenvalue weighted by molar-refractivity contribution is 0.101. The van der Waals surface area contributed by atoms with Crippen LogP contribution in [0.15, 0.2) is 42.7 Å². The van der Waals surface area contributed by atoms with Crippen LogP contribution in [0.3, 0.4) is 0 Å². The first-order valence-corrected chi connectivity index (χ1v) is 7.34. The maximum atomic E-state index is 12.8. The van der Waals surface area contributed by atoms with Crippen LogP contribution in [0.25, 0.3) is 5.52 Å². The average molecular weight is 307 g/mol. The van der Waals surface area contributed by atoms with Gasteiger partial charge in [0.05, 0.1) is 11.1 Å². The highest BCUT2D eigenvalue weighted by Crippen LogP contribution is 2.24. The normalized spacial score (nSPS) is 10.9. The Bertz CT molecular complexity index is 951. The molecule has 4 heteroatoms. The van der Waals surface area contributed by atoms with Gasteiger partial charge >= 0.3 is 0 Å². The van der Waals surface area contributed by atoms with Gasteiger partial charge in [0, 0.05) is 23.5 Å². The van der Waals surface area contributed by atoms with Gasteiger partial charge in [-0.2, -0.15) is 0 Å². The summed E-state index contributed by atoms with van der Waals surface area (Å²) in [6, 6.07) is 8.41. The van der Waals surface area contributed by atoms with E-state index < -0.39 is 0 Å². The van der Waals surface area contributed by atoms with Crippen molar-refractivity contribution in [1.29, 1.82) is 0 Å². The van der Waals surface area contributed by atoms with Crippen LogP contribution >= 0.6 is 0 Å². The predicted molar refractivity (Wildman–Crippen MR) is 88.4 cm³/mol. The van der Waals surface area contributed by atoms with Gasteiger partial charge in [0.15, 0.2) is 11.6 Å². The number of carbonyl (C=O) groups is 2. The minimum absolute atomic E-state index is 0.0613. The Kier molecular flexibility index (Phi) is 3.52. The fourth-order valence-electron chi connectivity index (χ4n) is 2.75. The summed E-state index contributed by atoms with van der Waals surface area (Å²) in [5.41, 5.74) is 3.78. The second kappa shape index (κ2) is 5.39. The van der Waals surface area contributed by atoms with Crippen molar-refractivity contribution < 1.29 is 14.7 Å². The Morgan fingerprint density at radius 3 is 2.39 bits per heavy atom. The van der Waals surface area contributed by atoms with Crippen LogP contribution in [0.5, 0.6) is 5.75 Å². The van der Waals surface area contributed by atoms with E-state index in [2.05, 4.69) is 0 Å². The Balaban J connectivity index is 2.21. The fraction of sp³-hybridized carbons (Fsp3) is 0.158. The highest BCUT2D eigenvalue weighted by molar-refractivity contribution is 6.12. The SMILES string of the molecule is CC(=O)c1cc(C(=O)c2cc(C)ccc2O)cn2cc(C)cc12. The van der Waals surface area contributed by atoms with Gasteiger partial charge in [0.1, 0.15) is 5.75 Å². The third-order valence-electron chi connectivity index (χ3n) is 3.88. The zero-order chi connectivity index (χ0) is 16.7. The first kappa shape index (κ1) is 15.0. The second-order valence-electron chi connectivity index (χ2n) is 5.86. The third-order valence-corrected chi connectivity index (χ3v) is 3.88. The first-order chi connectivity index (χ1) is 10.9. The number of pyridine rings is 1. The Labute approximate surface area is 134 Å². The highest BCUT2D eigenvalue weighted by Gasteiger charge is 2.18. The van der Waals surface area contributed by atoms with Gasteiger partial charge in [0.2, 0.25) is 0 Å². The summed E-state index contributed by atoms with van der Waals surface area (Å²) in [7, 11) is 0. The third kappa shape index (κ3) is 2.63. The van der Waals surface area contributed by atoms with E-state index in [1.165, 1.54) is 13.0 Å². The number of benzene rings is 1. The lowest BCUT2D eigenvalue weighted by Gasteiger charge is -2.08. The Morgan fingerprint density at radius 1 is 0.957 bits per heavy atom. The van der Waals surface area contributed by atoms with E-state index in [9.17, 15) is 14.7 Å². The van der Waals surface area contributed by atoms with Crippen LogP contribution in [0, 0.1) is 13.8 Å². The Hall–Kier alpha value is -2.88. The van der Waals surface area contributed by atoms with Crippen molar-refractivity contribution in [3.05, 3.63) is 70.5 Å². The van der Waals surface area contributed by atoms with Gasteiger partial charge in [-0.15, -0.1) is 0 Å². The van der Waals surface area contributed by atoms with Crippen molar-refractivity contribution >= 4 is 17.1 Å². The second-order valence-corrected chi connectivity index (χ2v) is 5.86. The summed E-state index contributed by atoms with van der Waals surface area (Å²) < 4.78 is 1.78. The quantitative estimate of drug-likeness (QED) is 0.751. The van der Waals surface area contributed by atoms with E-state index in [1.54, 1.807) is 28.8 Å². The van der Waals surface area contributed by atoms with E-state index in [1.807, 2.05) is 26.1 Å². The molecule has 0 fully saturated rings. The molecule has 0 radical (unpaired) electrons. The van der Waals surface area contributed by atoms with Crippen LogP contribution in [-0.4, -0.2) is 21.1 Å². The highest BCUT2D eigenvalue weighted by atomic mass is 16.3. The lowest BCUT2D eigenvalue weighted by atomic mass is 9.99. The largest absolute Gasteiger partial charge is 0.507 e. The molecule has 1 aromatic carbocycles. The molecule has 2 heterocycles. The molecule has 0 saturated carbocycles. The lowest BCUT2D eigenvalue weighted by Crippen LogP contribution is -2.07. The number of aromatic nitrogens is 1. The number of fused-ring (bicyclic) bond motifs is 1. The van der Waals surface area contributed by atoms with Crippen LogP contribution < -0.4 is 0 Å². The summed E-state index contributed by atoms with van der Waals surface area (Å²) in [4.78, 5) is 24.7. The molecule has 0 aliphatic heterocycles. The van der Waals surface area contributed by atoms with E-state index in [0.29, 0.717) is 11.1 Å². The number of hydrogen-bond acceptors (Lipinski definition) is 3. The van der Waals surface area contributed by atoms with E-state index in [4.69, 9.17) is 0 Å². The zero-order valence-corrected chi connectivity index (χ0v) is 13.3. The standard InChI is InChI=1S/C19H17NO3/c1-11-4-5-18(22)16(6-11)19(23)14-8-15(13(3)21)17-7-12(2)9-20(17)10-14/h4-10,22H,1-3H3. The summed E-state index contributed by atoms with van der Waals surface area (Å²) in [5, 5.41) is 9.97. The molecule has 4 nitrogen and oxygen atoms in total. The van der Waals surface area contributed by atoms with Gasteiger partial charge in [-0.3, -0.25) is 9.59 Å². The molecule has 0 aliphatic rings. The number of carbonyl (C=O) groups excluding carboxylic acids is 2. The number of aromatic hydroxyl groups is 1. The molecule has 3 rings (SSSR count). The number of ketones is 2. The van der Waals surface area contributed by atoms with Crippen LogP contribution in [0.4, 0.5) is 0 Å². The molecule has 0 atom stereocenters. The van der Waals surface area contributed by atoms with Gasteiger partial charge in [-0.1, -0.05) is 11.6 Å². The summed E-state index contributed by atoms with van der Waals surface area (Å²) in [6.07, 6.45) is 3.56. The Morgan fingerprint density at radius 2 is 1.70 bits per heavy atom. The van der Waals surface area contributed by atoms with Crippen molar-refractivity contribution in [3.63, 3.8) is 0 Å². The van der Waals surface area contributed by atoms with E-state index >= 15 is 0 Å². The summed E-state index contributed by atoms with van der Waals surface area (Å²) in [5.74, 6) is -0.466. The van der Waals surface area contributed by atoms with Crippen LogP contribution in [0.2, 0.25) is 0 Å². The van der Waals surface area contributed by atoms with E-state index in [0.717, 1.165) is 16.6 Å². The van der Waals surface area contributed by atoms with Crippen LogP contribution in [0.1, 0.15) is 44.3 Å². The van der Waals surface area contributed by atoms with Crippen molar-refractivity contribution in [3.8, 4) is 5.75 Å². The van der Waals surface area contributed by atoms with Crippen molar-refractivity contribution in [1.82, 2.24) is 4.40 Å². The average Bonchev–Trinajstić information content (AvgIpc) is 2.87. The van der Waals surface area contributed by atoms with Crippen molar-refractivity contribution in [2.75, 3.05) is 0 Å². The molecule has 116 valence electrons. The zero-order valence-electron chi connectivity index (χ0n) is 13.3. The molecule has 3 aromatic rings. The first-order valence-electron chi connectivity index (χ1n) is 7.34. The number of Topliss-reactive ketones (excluding diaryl/α,β-unsaturated/α-hetero) is 1. The molecule has 0 amide bonds. The van der Waals surface area contributed by atoms with Gasteiger partial charge in [0.25, 0.3) is 0 Å². The number of nitrogens with zero attached hydrogens (tertiary/aromatic N) is 1. The predicted octanol–water partition coefficient (Wildman–Crippen LogP) is 3.70. The molecule has 0 spiro atoms. The molecular weight excluding hydrogens is 290 g/mol. The molecule has 0 saturated heterocycles. The number of aryl methyl sites for hydroxylation is 2. The number of phenols is 1. The molecule has 1 N–H and O–H groups in total. The van der Waals surface area contributed by atoms with Gasteiger partial charge in [-0.25, -0.2) is 0 Å². The van der Waals surface area contributed by atoms with Crippen LogP contribution in [-0.2, 0) is 0 Å². The number of hydrogen-bond donors (Lipinski definition) is 1. The maximum absolute atomic E-state index is 12.8. The minimum atomic E-state index is -0.304. The van der Waals surface area contributed by atoms with Crippen molar-refractivity contribution in [2.45, 2.75) is 20.8 Å². The molecule has 0 bridgehead atoms. The molecule has 0 unspecified atom stereocenters. The topological polar surface area (TPSA) is 58.8 Å². The van der Waals surface area contributed by atoms with Gasteiger partial charge < -0.3 is 9.51 Å². The summed E-state index contributed by atoms with van der Waals surface area (Å²) >= 11 is 0. The molecule has 23 heavy (non-hydrogen) atoms. The minimum Gasteiger partial charge on any atom is -0.507 e. The fourth-order valence-corrected chi connectivity index (χ4v) is 2.75. The smallest absolute Gasteiger partial charge is 0.198 e. The molecule has 2 aromatic heterocycles. The monoisotopic (exact) mass is 307 g/mol. The molecule has 0 aliphatic carbocycles. The molecular formula is C19H17NO3. The van der Waals surface area contributed by atoms with E-state index in [-0.39, 0.29) is 22.9 Å². The number of rotatable bonds is 3. The summed E-state index contributed by atoms with van der Waals surface area (Å²) in [6.45, 7) is 5.27. The number of phenolic OH excluding ortho intramolecular Hbond substituents is 1. The maximum Gasteiger partial charge on any atom is 0.198 e. The van der Waals surface area contributed by atoms with Crippen molar-refractivity contribution in [2.24, 2.45) is 0 Å². The van der Waals surface area contributed by atoms with Gasteiger partial charge in [-0.05, 0) is 50.6 Å².